The van der Waals surface area contributed by atoms with Gasteiger partial charge in [-0.3, -0.25) is 0 Å². The van der Waals surface area contributed by atoms with Crippen LogP contribution in [0.5, 0.6) is 0 Å². The van der Waals surface area contributed by atoms with Crippen LogP contribution in [0.15, 0.2) is 0 Å². The maximum atomic E-state index is 3.94. The Morgan fingerprint density at radius 3 is 2.44 bits per heavy atom. The van der Waals surface area contributed by atoms with Gasteiger partial charge in [0.05, 0.1) is 0 Å². The normalized spacial score (nSPS) is 21.4. The topological polar surface area (TPSA) is 0 Å². The van der Waals surface area contributed by atoms with E-state index in [2.05, 4.69) is 6.92 Å². The van der Waals surface area contributed by atoms with Crippen LogP contribution in [0.4, 0.5) is 0 Å². The molecule has 1 aliphatic rings. The van der Waals surface area contributed by atoms with E-state index in [1.54, 1.807) is 12.8 Å². The van der Waals surface area contributed by atoms with Crippen molar-refractivity contribution in [1.82, 2.24) is 0 Å². The molecule has 1 radical (unpaired) electrons. The van der Waals surface area contributed by atoms with E-state index in [1.807, 2.05) is 0 Å². The van der Waals surface area contributed by atoms with Crippen molar-refractivity contribution in [2.45, 2.75) is 40.7 Å². The fraction of sp³-hybridized carbons (Fsp3) is 0.875. The third-order valence-corrected chi connectivity index (χ3v) is 4.38. The van der Waals surface area contributed by atoms with Crippen molar-refractivity contribution in [3.63, 3.8) is 0 Å². The second kappa shape index (κ2) is 4.56. The lowest BCUT2D eigenvalue weighted by atomic mass is 10.00. The highest BCUT2D eigenvalue weighted by molar-refractivity contribution is 6.37. The summed E-state index contributed by atoms with van der Waals surface area (Å²) in [7, 11) is 0. The number of hydrogen-bond donors (Lipinski definition) is 0. The van der Waals surface area contributed by atoms with Crippen molar-refractivity contribution < 1.29 is 0 Å². The third-order valence-electron chi connectivity index (χ3n) is 2.34. The average molecular weight is 136 g/mol. The Labute approximate surface area is 68.1 Å². The van der Waals surface area contributed by atoms with E-state index in [0.29, 0.717) is 0 Å². The molecule has 0 amide bonds. The van der Waals surface area contributed by atoms with Crippen LogP contribution in [0, 0.1) is 6.92 Å². The van der Waals surface area contributed by atoms with Crippen LogP contribution in [-0.2, 0) is 0 Å². The Morgan fingerprint density at radius 2 is 1.89 bits per heavy atom. The SMILES string of the molecule is [CH2][CH2][Mg][CH]1CCCCC1. The van der Waals surface area contributed by atoms with Gasteiger partial charge in [-0.2, -0.15) is 0 Å². The van der Waals surface area contributed by atoms with Crippen molar-refractivity contribution in [3.8, 4) is 0 Å². The number of hydrogen-bond acceptors (Lipinski definition) is 0. The highest BCUT2D eigenvalue weighted by atomic mass is 24.5. The Kier molecular flexibility index (Phi) is 3.99. The molecule has 0 spiro atoms. The van der Waals surface area contributed by atoms with E-state index in [-0.39, 0.29) is 20.4 Å². The Bertz CT molecular complexity index is 62.2. The highest BCUT2D eigenvalue weighted by Gasteiger charge is 2.13. The lowest BCUT2D eigenvalue weighted by Crippen LogP contribution is -2.06. The van der Waals surface area contributed by atoms with Crippen LogP contribution in [0.3, 0.4) is 0 Å². The molecule has 1 aliphatic carbocycles. The molecule has 0 atom stereocenters. The van der Waals surface area contributed by atoms with Gasteiger partial charge in [-0.05, 0) is 0 Å². The van der Waals surface area contributed by atoms with Gasteiger partial charge in [-0.25, -0.2) is 0 Å². The van der Waals surface area contributed by atoms with Gasteiger partial charge in [0.2, 0.25) is 0 Å². The summed E-state index contributed by atoms with van der Waals surface area (Å²) in [6.07, 6.45) is 7.61. The van der Waals surface area contributed by atoms with E-state index in [9.17, 15) is 0 Å². The van der Waals surface area contributed by atoms with E-state index in [0.717, 1.165) is 0 Å². The first kappa shape index (κ1) is 7.87. The van der Waals surface area contributed by atoms with Crippen LogP contribution < -0.4 is 0 Å². The van der Waals surface area contributed by atoms with Gasteiger partial charge < -0.3 is 0 Å². The summed E-state index contributed by atoms with van der Waals surface area (Å²) in [5.41, 5.74) is 0. The minimum atomic E-state index is 0.265. The van der Waals surface area contributed by atoms with Crippen molar-refractivity contribution in [2.75, 3.05) is 0 Å². The molecule has 0 bridgehead atoms. The lowest BCUT2D eigenvalue weighted by Gasteiger charge is -2.20. The zero-order chi connectivity index (χ0) is 6.53. The average Bonchev–Trinajstić information content (AvgIpc) is 1.91. The molecule has 0 N–H and O–H groups in total. The second-order valence-electron chi connectivity index (χ2n) is 3.15. The molecular formula is C8H15Mg. The van der Waals surface area contributed by atoms with E-state index in [4.69, 9.17) is 0 Å². The van der Waals surface area contributed by atoms with Gasteiger partial charge >= 0.3 is 20.4 Å². The molecule has 1 heteroatoms. The van der Waals surface area contributed by atoms with Gasteiger partial charge in [0.25, 0.3) is 0 Å². The molecule has 0 unspecified atom stereocenters. The summed E-state index contributed by atoms with van der Waals surface area (Å²) in [6, 6.07) is 0. The largest absolute Gasteiger partial charge is 0.368 e. The predicted molar refractivity (Wildman–Crippen MR) is 42.8 cm³/mol. The molecule has 0 nitrogen and oxygen atoms in total. The second-order valence-corrected chi connectivity index (χ2v) is 5.59. The molecule has 0 saturated heterocycles. The molecule has 1 rings (SSSR count). The maximum absolute atomic E-state index is 3.94. The minimum Gasteiger partial charge on any atom is -0.145 e. The molecule has 9 heavy (non-hydrogen) atoms. The maximum Gasteiger partial charge on any atom is 0.368 e. The number of rotatable bonds is 2. The highest BCUT2D eigenvalue weighted by Crippen LogP contribution is 2.27. The van der Waals surface area contributed by atoms with Gasteiger partial charge in [-0.15, -0.1) is 8.60 Å². The molecular weight excluding hydrogens is 120 g/mol. The quantitative estimate of drug-likeness (QED) is 0.511. The first-order chi connectivity index (χ1) is 4.43. The molecule has 0 heterocycles. The Morgan fingerprint density at radius 1 is 1.22 bits per heavy atom. The smallest absolute Gasteiger partial charge is 0.145 e. The zero-order valence-corrected chi connectivity index (χ0v) is 7.65. The third kappa shape index (κ3) is 2.90. The fourth-order valence-electron chi connectivity index (χ4n) is 1.76. The summed E-state index contributed by atoms with van der Waals surface area (Å²) in [4.78, 5) is 0. The summed E-state index contributed by atoms with van der Waals surface area (Å²) in [6.45, 7) is 3.94. The molecule has 0 aromatic heterocycles. The molecule has 1 saturated carbocycles. The molecule has 0 aliphatic heterocycles. The van der Waals surface area contributed by atoms with Crippen molar-refractivity contribution in [2.24, 2.45) is 0 Å². The first-order valence-corrected chi connectivity index (χ1v) is 6.04. The van der Waals surface area contributed by atoms with E-state index in [1.165, 1.54) is 27.9 Å². The van der Waals surface area contributed by atoms with Crippen molar-refractivity contribution in [1.29, 1.82) is 0 Å². The zero-order valence-electron chi connectivity index (χ0n) is 6.23. The summed E-state index contributed by atoms with van der Waals surface area (Å²) in [5.74, 6) is 0. The van der Waals surface area contributed by atoms with Crippen LogP contribution in [0.25, 0.3) is 0 Å². The van der Waals surface area contributed by atoms with Crippen LogP contribution in [0.2, 0.25) is 8.60 Å². The summed E-state index contributed by atoms with van der Waals surface area (Å²) < 4.78 is 2.46. The Hall–Kier alpha value is 0.766. The standard InChI is InChI=1S/C6H11.C2H4.Mg/c1-2-4-6-5-3-1;1-2;/h1H,2-6H2;1-2H2;. The molecule has 0 aromatic carbocycles. The van der Waals surface area contributed by atoms with Crippen LogP contribution >= 0.6 is 0 Å². The molecule has 1 fully saturated rings. The summed E-state index contributed by atoms with van der Waals surface area (Å²) in [5, 5.41) is 0. The van der Waals surface area contributed by atoms with E-state index >= 15 is 0 Å². The van der Waals surface area contributed by atoms with Crippen molar-refractivity contribution in [3.05, 3.63) is 6.92 Å². The van der Waals surface area contributed by atoms with Gasteiger partial charge in [-0.1, -0.05) is 39.0 Å². The minimum absolute atomic E-state index is 0.265. The fourth-order valence-corrected chi connectivity index (χ4v) is 3.50. The molecule has 49 valence electrons. The van der Waals surface area contributed by atoms with E-state index < -0.39 is 0 Å². The van der Waals surface area contributed by atoms with Gasteiger partial charge in [0.15, 0.2) is 0 Å². The Balaban J connectivity index is 2.08. The monoisotopic (exact) mass is 135 g/mol. The first-order valence-electron chi connectivity index (χ1n) is 4.22. The van der Waals surface area contributed by atoms with Gasteiger partial charge in [0.1, 0.15) is 0 Å². The van der Waals surface area contributed by atoms with Gasteiger partial charge in [0, 0.05) is 0 Å². The van der Waals surface area contributed by atoms with Crippen LogP contribution in [-0.4, -0.2) is 20.4 Å². The summed E-state index contributed by atoms with van der Waals surface area (Å²) >= 11 is 0.265. The molecule has 0 aromatic rings. The van der Waals surface area contributed by atoms with Crippen molar-refractivity contribution >= 4 is 20.4 Å². The van der Waals surface area contributed by atoms with Crippen LogP contribution in [0.1, 0.15) is 32.1 Å². The lowest BCUT2D eigenvalue weighted by molar-refractivity contribution is 0.500. The predicted octanol–water partition coefficient (Wildman–Crippen LogP) is 2.70.